The first-order valence-electron chi connectivity index (χ1n) is 6.78. The molecule has 2 N–H and O–H groups in total. The number of rotatable bonds is 5. The summed E-state index contributed by atoms with van der Waals surface area (Å²) in [5, 5.41) is 9.18. The minimum Gasteiger partial charge on any atom is -0.481 e. The van der Waals surface area contributed by atoms with Crippen LogP contribution in [-0.2, 0) is 14.8 Å². The van der Waals surface area contributed by atoms with Crippen LogP contribution in [-0.4, -0.2) is 25.7 Å². The SMILES string of the molecule is CC(C(=O)O)c1ccccc1-c1ccc(NS(C)(=O)=O)c(F)c1. The van der Waals surface area contributed by atoms with Crippen LogP contribution < -0.4 is 4.72 Å². The van der Waals surface area contributed by atoms with Gasteiger partial charge in [-0.15, -0.1) is 0 Å². The molecule has 0 saturated carbocycles. The molecular weight excluding hydrogens is 321 g/mol. The maximum atomic E-state index is 14.1. The van der Waals surface area contributed by atoms with Crippen molar-refractivity contribution in [2.75, 3.05) is 11.0 Å². The van der Waals surface area contributed by atoms with Gasteiger partial charge in [0.25, 0.3) is 0 Å². The number of nitrogens with one attached hydrogen (secondary N) is 1. The molecule has 0 aromatic heterocycles. The fourth-order valence-corrected chi connectivity index (χ4v) is 2.80. The molecule has 1 unspecified atom stereocenters. The van der Waals surface area contributed by atoms with Gasteiger partial charge in [0.2, 0.25) is 10.0 Å². The van der Waals surface area contributed by atoms with E-state index < -0.39 is 27.7 Å². The largest absolute Gasteiger partial charge is 0.481 e. The molecule has 2 rings (SSSR count). The fraction of sp³-hybridized carbons (Fsp3) is 0.188. The summed E-state index contributed by atoms with van der Waals surface area (Å²) in [5.41, 5.74) is 1.47. The number of carboxylic acid groups (broad SMARTS) is 1. The van der Waals surface area contributed by atoms with Crippen molar-refractivity contribution >= 4 is 21.7 Å². The molecule has 0 amide bonds. The normalized spacial score (nSPS) is 12.7. The van der Waals surface area contributed by atoms with E-state index in [9.17, 15) is 22.7 Å². The lowest BCUT2D eigenvalue weighted by Gasteiger charge is -2.14. The number of halogens is 1. The Morgan fingerprint density at radius 2 is 1.87 bits per heavy atom. The minimum absolute atomic E-state index is 0.153. The van der Waals surface area contributed by atoms with Gasteiger partial charge in [0.1, 0.15) is 5.82 Å². The number of carboxylic acids is 1. The Bertz CT molecular complexity index is 849. The molecule has 2 aromatic carbocycles. The Labute approximate surface area is 133 Å². The van der Waals surface area contributed by atoms with Gasteiger partial charge in [0.15, 0.2) is 0 Å². The molecule has 2 aromatic rings. The van der Waals surface area contributed by atoms with Crippen molar-refractivity contribution in [2.45, 2.75) is 12.8 Å². The molecule has 0 aliphatic carbocycles. The average Bonchev–Trinajstić information content (AvgIpc) is 2.47. The molecule has 0 aliphatic heterocycles. The van der Waals surface area contributed by atoms with Crippen molar-refractivity contribution < 1.29 is 22.7 Å². The van der Waals surface area contributed by atoms with E-state index in [0.29, 0.717) is 16.7 Å². The third-order valence-corrected chi connectivity index (χ3v) is 3.96. The van der Waals surface area contributed by atoms with Gasteiger partial charge in [-0.1, -0.05) is 30.3 Å². The molecule has 122 valence electrons. The van der Waals surface area contributed by atoms with Crippen molar-refractivity contribution in [3.8, 4) is 11.1 Å². The topological polar surface area (TPSA) is 83.5 Å². The first-order valence-corrected chi connectivity index (χ1v) is 8.67. The lowest BCUT2D eigenvalue weighted by atomic mass is 9.91. The first-order chi connectivity index (χ1) is 10.7. The molecule has 0 aliphatic rings. The molecule has 7 heteroatoms. The first kappa shape index (κ1) is 17.0. The fourth-order valence-electron chi connectivity index (χ4n) is 2.24. The molecule has 1 atom stereocenters. The number of hydrogen-bond donors (Lipinski definition) is 2. The van der Waals surface area contributed by atoms with Gasteiger partial charge in [-0.05, 0) is 35.7 Å². The third kappa shape index (κ3) is 4.07. The van der Waals surface area contributed by atoms with Crippen LogP contribution in [0, 0.1) is 5.82 Å². The van der Waals surface area contributed by atoms with Crippen LogP contribution in [0.4, 0.5) is 10.1 Å². The van der Waals surface area contributed by atoms with Crippen molar-refractivity contribution in [3.05, 3.63) is 53.8 Å². The molecule has 5 nitrogen and oxygen atoms in total. The summed E-state index contributed by atoms with van der Waals surface area (Å²) in [6.45, 7) is 1.55. The standard InChI is InChI=1S/C16H16FNO4S/c1-10(16(19)20)12-5-3-4-6-13(12)11-7-8-15(14(17)9-11)18-23(2,21)22/h3-10,18H,1-2H3,(H,19,20). The molecule has 0 spiro atoms. The summed E-state index contributed by atoms with van der Waals surface area (Å²) < 4.78 is 38.6. The maximum Gasteiger partial charge on any atom is 0.310 e. The number of aliphatic carboxylic acids is 1. The van der Waals surface area contributed by atoms with E-state index in [2.05, 4.69) is 4.72 Å². The zero-order valence-corrected chi connectivity index (χ0v) is 13.4. The molecule has 0 heterocycles. The van der Waals surface area contributed by atoms with E-state index in [0.717, 1.165) is 6.26 Å². The predicted molar refractivity (Wildman–Crippen MR) is 86.4 cm³/mol. The van der Waals surface area contributed by atoms with E-state index in [1.54, 1.807) is 37.3 Å². The van der Waals surface area contributed by atoms with E-state index >= 15 is 0 Å². The Morgan fingerprint density at radius 1 is 1.22 bits per heavy atom. The lowest BCUT2D eigenvalue weighted by Crippen LogP contribution is -2.11. The summed E-state index contributed by atoms with van der Waals surface area (Å²) in [6.07, 6.45) is 0.935. The van der Waals surface area contributed by atoms with Crippen molar-refractivity contribution in [2.24, 2.45) is 0 Å². The number of hydrogen-bond acceptors (Lipinski definition) is 3. The summed E-state index contributed by atoms with van der Waals surface area (Å²) >= 11 is 0. The number of carbonyl (C=O) groups is 1. The zero-order chi connectivity index (χ0) is 17.2. The van der Waals surface area contributed by atoms with Crippen LogP contribution in [0.25, 0.3) is 11.1 Å². The van der Waals surface area contributed by atoms with E-state index in [4.69, 9.17) is 0 Å². The van der Waals surface area contributed by atoms with Crippen LogP contribution in [0.3, 0.4) is 0 Å². The van der Waals surface area contributed by atoms with Crippen molar-refractivity contribution in [3.63, 3.8) is 0 Å². The summed E-state index contributed by atoms with van der Waals surface area (Å²) in [6, 6.07) is 10.9. The highest BCUT2D eigenvalue weighted by molar-refractivity contribution is 7.92. The Kier molecular flexibility index (Phi) is 4.70. The van der Waals surface area contributed by atoms with Crippen LogP contribution in [0.15, 0.2) is 42.5 Å². The molecule has 23 heavy (non-hydrogen) atoms. The summed E-state index contributed by atoms with van der Waals surface area (Å²) in [5.74, 6) is -2.46. The van der Waals surface area contributed by atoms with Crippen molar-refractivity contribution in [1.29, 1.82) is 0 Å². The Hall–Kier alpha value is -2.41. The molecule has 0 fully saturated rings. The van der Waals surface area contributed by atoms with Gasteiger partial charge in [0, 0.05) is 0 Å². The second-order valence-electron chi connectivity index (χ2n) is 5.22. The van der Waals surface area contributed by atoms with Gasteiger partial charge >= 0.3 is 5.97 Å². The quantitative estimate of drug-likeness (QED) is 0.878. The van der Waals surface area contributed by atoms with Gasteiger partial charge < -0.3 is 5.11 Å². The van der Waals surface area contributed by atoms with Crippen LogP contribution in [0.2, 0.25) is 0 Å². The van der Waals surface area contributed by atoms with E-state index in [1.807, 2.05) is 0 Å². The highest BCUT2D eigenvalue weighted by Crippen LogP contribution is 2.31. The molecule has 0 bridgehead atoms. The monoisotopic (exact) mass is 337 g/mol. The van der Waals surface area contributed by atoms with Crippen LogP contribution in [0.1, 0.15) is 18.4 Å². The zero-order valence-electron chi connectivity index (χ0n) is 12.6. The van der Waals surface area contributed by atoms with Crippen molar-refractivity contribution in [1.82, 2.24) is 0 Å². The second kappa shape index (κ2) is 6.37. The number of sulfonamides is 1. The Morgan fingerprint density at radius 3 is 2.43 bits per heavy atom. The summed E-state index contributed by atoms with van der Waals surface area (Å²) in [4.78, 5) is 11.2. The highest BCUT2D eigenvalue weighted by atomic mass is 32.2. The Balaban J connectivity index is 2.48. The van der Waals surface area contributed by atoms with Gasteiger partial charge in [0.05, 0.1) is 17.9 Å². The molecule has 0 radical (unpaired) electrons. The van der Waals surface area contributed by atoms with Crippen LogP contribution in [0.5, 0.6) is 0 Å². The average molecular weight is 337 g/mol. The maximum absolute atomic E-state index is 14.1. The van der Waals surface area contributed by atoms with Gasteiger partial charge in [-0.3, -0.25) is 9.52 Å². The minimum atomic E-state index is -3.58. The number of benzene rings is 2. The lowest BCUT2D eigenvalue weighted by molar-refractivity contribution is -0.138. The predicted octanol–water partition coefficient (Wildman–Crippen LogP) is 3.05. The van der Waals surface area contributed by atoms with E-state index in [1.165, 1.54) is 12.1 Å². The third-order valence-electron chi connectivity index (χ3n) is 3.37. The van der Waals surface area contributed by atoms with Crippen LogP contribution >= 0.6 is 0 Å². The summed E-state index contributed by atoms with van der Waals surface area (Å²) in [7, 11) is -3.58. The number of anilines is 1. The van der Waals surface area contributed by atoms with Gasteiger partial charge in [-0.25, -0.2) is 12.8 Å². The van der Waals surface area contributed by atoms with Gasteiger partial charge in [-0.2, -0.15) is 0 Å². The smallest absolute Gasteiger partial charge is 0.310 e. The molecule has 0 saturated heterocycles. The van der Waals surface area contributed by atoms with E-state index in [-0.39, 0.29) is 5.69 Å². The molecular formula is C16H16FNO4S. The second-order valence-corrected chi connectivity index (χ2v) is 6.96. The highest BCUT2D eigenvalue weighted by Gasteiger charge is 2.18.